The van der Waals surface area contributed by atoms with Crippen LogP contribution in [0.5, 0.6) is 11.5 Å². The van der Waals surface area contributed by atoms with Crippen LogP contribution in [-0.4, -0.2) is 6.54 Å². The Balaban J connectivity index is 2.26. The first kappa shape index (κ1) is 15.0. The Hall–Kier alpha value is -1.39. The zero-order valence-electron chi connectivity index (χ0n) is 11.5. The van der Waals surface area contributed by atoms with E-state index >= 15 is 0 Å². The summed E-state index contributed by atoms with van der Waals surface area (Å²) in [6.45, 7) is 5.04. The van der Waals surface area contributed by atoms with Crippen molar-refractivity contribution in [2.75, 3.05) is 6.54 Å². The zero-order chi connectivity index (χ0) is 14.5. The molecule has 2 nitrogen and oxygen atoms in total. The van der Waals surface area contributed by atoms with Crippen LogP contribution in [0.4, 0.5) is 4.39 Å². The third kappa shape index (κ3) is 3.58. The number of nitrogens with one attached hydrogen (secondary N) is 1. The van der Waals surface area contributed by atoms with E-state index in [2.05, 4.69) is 35.1 Å². The Morgan fingerprint density at radius 1 is 1.25 bits per heavy atom. The summed E-state index contributed by atoms with van der Waals surface area (Å²) in [5.74, 6) is 1.08. The molecule has 1 unspecified atom stereocenters. The van der Waals surface area contributed by atoms with Crippen molar-refractivity contribution in [3.8, 4) is 11.5 Å². The highest BCUT2D eigenvalue weighted by atomic mass is 79.9. The molecule has 0 saturated heterocycles. The van der Waals surface area contributed by atoms with Crippen LogP contribution in [0, 0.1) is 5.82 Å². The van der Waals surface area contributed by atoms with Crippen LogP contribution < -0.4 is 10.1 Å². The van der Waals surface area contributed by atoms with Crippen molar-refractivity contribution in [3.63, 3.8) is 0 Å². The Labute approximate surface area is 127 Å². The highest BCUT2D eigenvalue weighted by Gasteiger charge is 2.11. The normalized spacial score (nSPS) is 12.2. The summed E-state index contributed by atoms with van der Waals surface area (Å²) in [5.41, 5.74) is 1.08. The van der Waals surface area contributed by atoms with E-state index < -0.39 is 0 Å². The third-order valence-corrected chi connectivity index (χ3v) is 3.62. The van der Waals surface area contributed by atoms with Gasteiger partial charge in [-0.25, -0.2) is 4.39 Å². The molecule has 0 radical (unpaired) electrons. The van der Waals surface area contributed by atoms with Crippen molar-refractivity contribution >= 4 is 15.9 Å². The van der Waals surface area contributed by atoms with Gasteiger partial charge in [0.2, 0.25) is 0 Å². The van der Waals surface area contributed by atoms with Crippen molar-refractivity contribution in [1.29, 1.82) is 0 Å². The molecule has 0 aliphatic rings. The van der Waals surface area contributed by atoms with E-state index in [0.29, 0.717) is 10.2 Å². The SMILES string of the molecule is CCNC(C)c1ccccc1Oc1ccc(F)c(Br)c1. The maximum atomic E-state index is 13.2. The Bertz CT molecular complexity index is 588. The highest BCUT2D eigenvalue weighted by molar-refractivity contribution is 9.10. The van der Waals surface area contributed by atoms with E-state index in [-0.39, 0.29) is 11.9 Å². The molecule has 0 aliphatic heterocycles. The minimum absolute atomic E-state index is 0.195. The number of halogens is 2. The molecule has 106 valence electrons. The van der Waals surface area contributed by atoms with E-state index in [1.54, 1.807) is 12.1 Å². The van der Waals surface area contributed by atoms with E-state index in [4.69, 9.17) is 4.74 Å². The van der Waals surface area contributed by atoms with Gasteiger partial charge in [0.1, 0.15) is 17.3 Å². The molecule has 1 atom stereocenters. The van der Waals surface area contributed by atoms with Crippen molar-refractivity contribution in [1.82, 2.24) is 5.32 Å². The maximum Gasteiger partial charge on any atom is 0.137 e. The first-order valence-corrected chi connectivity index (χ1v) is 7.36. The summed E-state index contributed by atoms with van der Waals surface area (Å²) in [4.78, 5) is 0. The topological polar surface area (TPSA) is 21.3 Å². The summed E-state index contributed by atoms with van der Waals surface area (Å²) < 4.78 is 19.5. The fraction of sp³-hybridized carbons (Fsp3) is 0.250. The van der Waals surface area contributed by atoms with Crippen LogP contribution in [0.2, 0.25) is 0 Å². The molecule has 2 aromatic carbocycles. The predicted octanol–water partition coefficient (Wildman–Crippen LogP) is 5.05. The molecule has 2 rings (SSSR count). The quantitative estimate of drug-likeness (QED) is 0.824. The second-order valence-electron chi connectivity index (χ2n) is 4.50. The molecule has 1 N–H and O–H groups in total. The lowest BCUT2D eigenvalue weighted by Gasteiger charge is -2.17. The fourth-order valence-electron chi connectivity index (χ4n) is 2.01. The van der Waals surface area contributed by atoms with Gasteiger partial charge in [-0.1, -0.05) is 25.1 Å². The molecule has 0 aliphatic carbocycles. The monoisotopic (exact) mass is 337 g/mol. The second-order valence-corrected chi connectivity index (χ2v) is 5.35. The summed E-state index contributed by atoms with van der Waals surface area (Å²) in [5, 5.41) is 3.36. The van der Waals surface area contributed by atoms with Crippen LogP contribution >= 0.6 is 15.9 Å². The van der Waals surface area contributed by atoms with Crippen LogP contribution in [0.1, 0.15) is 25.5 Å². The molecular weight excluding hydrogens is 321 g/mol. The number of para-hydroxylation sites is 1. The van der Waals surface area contributed by atoms with Crippen molar-refractivity contribution < 1.29 is 9.13 Å². The van der Waals surface area contributed by atoms with Crippen molar-refractivity contribution in [2.45, 2.75) is 19.9 Å². The summed E-state index contributed by atoms with van der Waals surface area (Å²) in [6.07, 6.45) is 0. The molecule has 2 aromatic rings. The first-order chi connectivity index (χ1) is 9.61. The van der Waals surface area contributed by atoms with Gasteiger partial charge >= 0.3 is 0 Å². The second kappa shape index (κ2) is 6.86. The molecular formula is C16H17BrFNO. The maximum absolute atomic E-state index is 13.2. The van der Waals surface area contributed by atoms with Crippen molar-refractivity contribution in [3.05, 3.63) is 58.3 Å². The lowest BCUT2D eigenvalue weighted by atomic mass is 10.1. The molecule has 0 amide bonds. The van der Waals surface area contributed by atoms with E-state index in [0.717, 1.165) is 17.9 Å². The molecule has 0 heterocycles. The van der Waals surface area contributed by atoms with Crippen LogP contribution in [0.3, 0.4) is 0 Å². The summed E-state index contributed by atoms with van der Waals surface area (Å²) in [7, 11) is 0. The van der Waals surface area contributed by atoms with E-state index in [1.807, 2.05) is 24.3 Å². The largest absolute Gasteiger partial charge is 0.457 e. The average Bonchev–Trinajstić information content (AvgIpc) is 2.44. The minimum Gasteiger partial charge on any atom is -0.457 e. The van der Waals surface area contributed by atoms with Gasteiger partial charge in [0.05, 0.1) is 4.47 Å². The molecule has 0 aromatic heterocycles. The zero-order valence-corrected chi connectivity index (χ0v) is 13.1. The molecule has 20 heavy (non-hydrogen) atoms. The van der Waals surface area contributed by atoms with Gasteiger partial charge in [0.25, 0.3) is 0 Å². The molecule has 0 fully saturated rings. The number of hydrogen-bond donors (Lipinski definition) is 1. The smallest absolute Gasteiger partial charge is 0.137 e. The standard InChI is InChI=1S/C16H17BrFNO/c1-3-19-11(2)13-6-4-5-7-16(13)20-12-8-9-15(18)14(17)10-12/h4-11,19H,3H2,1-2H3. The minimum atomic E-state index is -0.299. The molecule has 0 saturated carbocycles. The van der Waals surface area contributed by atoms with E-state index in [9.17, 15) is 4.39 Å². The van der Waals surface area contributed by atoms with Gasteiger partial charge < -0.3 is 10.1 Å². The van der Waals surface area contributed by atoms with Gasteiger partial charge in [0.15, 0.2) is 0 Å². The molecule has 0 spiro atoms. The van der Waals surface area contributed by atoms with Gasteiger partial charge in [-0.15, -0.1) is 0 Å². The average molecular weight is 338 g/mol. The Kier molecular flexibility index (Phi) is 5.15. The first-order valence-electron chi connectivity index (χ1n) is 6.57. The van der Waals surface area contributed by atoms with Gasteiger partial charge in [-0.2, -0.15) is 0 Å². The fourth-order valence-corrected chi connectivity index (χ4v) is 2.37. The lowest BCUT2D eigenvalue weighted by molar-refractivity contribution is 0.461. The molecule has 4 heteroatoms. The lowest BCUT2D eigenvalue weighted by Crippen LogP contribution is -2.18. The molecule has 0 bridgehead atoms. The summed E-state index contributed by atoms with van der Waals surface area (Å²) >= 11 is 3.16. The third-order valence-electron chi connectivity index (χ3n) is 3.01. The van der Waals surface area contributed by atoms with Gasteiger partial charge in [-0.05, 0) is 53.7 Å². The van der Waals surface area contributed by atoms with Crippen molar-refractivity contribution in [2.24, 2.45) is 0 Å². The van der Waals surface area contributed by atoms with Gasteiger partial charge in [-0.3, -0.25) is 0 Å². The predicted molar refractivity (Wildman–Crippen MR) is 82.7 cm³/mol. The van der Waals surface area contributed by atoms with Crippen LogP contribution in [-0.2, 0) is 0 Å². The number of ether oxygens (including phenoxy) is 1. The number of hydrogen-bond acceptors (Lipinski definition) is 2. The highest BCUT2D eigenvalue weighted by Crippen LogP contribution is 2.31. The van der Waals surface area contributed by atoms with Gasteiger partial charge in [0, 0.05) is 11.6 Å². The van der Waals surface area contributed by atoms with E-state index in [1.165, 1.54) is 6.07 Å². The number of benzene rings is 2. The summed E-state index contributed by atoms with van der Waals surface area (Å²) in [6, 6.07) is 12.7. The Morgan fingerprint density at radius 2 is 2.00 bits per heavy atom. The Morgan fingerprint density at radius 3 is 2.70 bits per heavy atom. The van der Waals surface area contributed by atoms with Crippen LogP contribution in [0.25, 0.3) is 0 Å². The van der Waals surface area contributed by atoms with Crippen LogP contribution in [0.15, 0.2) is 46.9 Å². The number of rotatable bonds is 5.